The van der Waals surface area contributed by atoms with Crippen molar-refractivity contribution in [2.45, 2.75) is 16.4 Å². The van der Waals surface area contributed by atoms with Gasteiger partial charge in [-0.25, -0.2) is 0 Å². The van der Waals surface area contributed by atoms with Gasteiger partial charge in [0, 0.05) is 10.5 Å². The van der Waals surface area contributed by atoms with Crippen LogP contribution in [0.3, 0.4) is 0 Å². The average molecular weight is 354 g/mol. The summed E-state index contributed by atoms with van der Waals surface area (Å²) < 4.78 is 36.8. The zero-order valence-corrected chi connectivity index (χ0v) is 13.0. The summed E-state index contributed by atoms with van der Waals surface area (Å²) in [6.45, 7) is 0. The summed E-state index contributed by atoms with van der Waals surface area (Å²) in [6, 6.07) is 12.3. The molecule has 1 atom stereocenters. The van der Waals surface area contributed by atoms with E-state index in [2.05, 4.69) is 5.32 Å². The monoisotopic (exact) mass is 354 g/mol. The van der Waals surface area contributed by atoms with E-state index in [1.54, 1.807) is 30.3 Å². The number of carbonyl (C=O) groups is 2. The van der Waals surface area contributed by atoms with E-state index in [4.69, 9.17) is 5.73 Å². The molecule has 0 aliphatic rings. The molecule has 8 heteroatoms. The van der Waals surface area contributed by atoms with Crippen LogP contribution in [0.4, 0.5) is 13.2 Å². The molecule has 2 amide bonds. The number of thioether (sulfide) groups is 1. The predicted octanol–water partition coefficient (Wildman–Crippen LogP) is 3.25. The van der Waals surface area contributed by atoms with Crippen molar-refractivity contribution in [2.24, 2.45) is 5.73 Å². The zero-order chi connectivity index (χ0) is 17.7. The Morgan fingerprint density at radius 3 is 2.08 bits per heavy atom. The van der Waals surface area contributed by atoms with Gasteiger partial charge in [0.25, 0.3) is 5.91 Å². The first-order valence-corrected chi connectivity index (χ1v) is 7.59. The smallest absolute Gasteiger partial charge is 0.368 e. The summed E-state index contributed by atoms with van der Waals surface area (Å²) in [5.41, 5.74) is 1.56. The molecule has 0 saturated carbocycles. The number of halogens is 3. The van der Waals surface area contributed by atoms with Gasteiger partial charge in [0.15, 0.2) is 0 Å². The Labute approximate surface area is 140 Å². The molecule has 0 saturated heterocycles. The lowest BCUT2D eigenvalue weighted by atomic mass is 10.1. The molecule has 0 bridgehead atoms. The van der Waals surface area contributed by atoms with Crippen LogP contribution in [0.5, 0.6) is 0 Å². The van der Waals surface area contributed by atoms with Crippen LogP contribution in [-0.4, -0.2) is 17.3 Å². The number of nitrogens with two attached hydrogens (primary N) is 1. The summed E-state index contributed by atoms with van der Waals surface area (Å²) in [7, 11) is 0. The number of alkyl halides is 3. The van der Waals surface area contributed by atoms with Gasteiger partial charge in [0.2, 0.25) is 5.91 Å². The minimum absolute atomic E-state index is 0.0337. The molecule has 2 rings (SSSR count). The van der Waals surface area contributed by atoms with Crippen molar-refractivity contribution in [3.8, 4) is 0 Å². The number of hydrogen-bond acceptors (Lipinski definition) is 3. The molecule has 2 aromatic rings. The molecule has 126 valence electrons. The van der Waals surface area contributed by atoms with Crippen LogP contribution >= 0.6 is 11.8 Å². The van der Waals surface area contributed by atoms with Crippen LogP contribution < -0.4 is 11.1 Å². The molecule has 2 aromatic carbocycles. The van der Waals surface area contributed by atoms with Crippen molar-refractivity contribution >= 4 is 23.6 Å². The molecule has 4 nitrogen and oxygen atoms in total. The second kappa shape index (κ2) is 7.39. The predicted molar refractivity (Wildman–Crippen MR) is 84.2 cm³/mol. The Morgan fingerprint density at radius 2 is 1.58 bits per heavy atom. The van der Waals surface area contributed by atoms with E-state index in [9.17, 15) is 22.8 Å². The van der Waals surface area contributed by atoms with Crippen molar-refractivity contribution < 1.29 is 22.8 Å². The molecule has 0 unspecified atom stereocenters. The van der Waals surface area contributed by atoms with E-state index in [0.717, 1.165) is 0 Å². The molecular weight excluding hydrogens is 341 g/mol. The largest absolute Gasteiger partial charge is 0.446 e. The Bertz CT molecular complexity index is 718. The lowest BCUT2D eigenvalue weighted by Gasteiger charge is -2.16. The van der Waals surface area contributed by atoms with Crippen molar-refractivity contribution in [3.63, 3.8) is 0 Å². The Morgan fingerprint density at radius 1 is 1.00 bits per heavy atom. The minimum Gasteiger partial charge on any atom is -0.368 e. The van der Waals surface area contributed by atoms with Crippen molar-refractivity contribution in [2.75, 3.05) is 0 Å². The highest BCUT2D eigenvalue weighted by Crippen LogP contribution is 2.36. The molecule has 0 aliphatic heterocycles. The first-order chi connectivity index (χ1) is 11.3. The Kier molecular flexibility index (Phi) is 5.50. The van der Waals surface area contributed by atoms with Crippen LogP contribution in [0, 0.1) is 0 Å². The highest BCUT2D eigenvalue weighted by atomic mass is 32.2. The van der Waals surface area contributed by atoms with Gasteiger partial charge < -0.3 is 11.1 Å². The first kappa shape index (κ1) is 17.9. The molecule has 24 heavy (non-hydrogen) atoms. The number of rotatable bonds is 5. The van der Waals surface area contributed by atoms with Crippen molar-refractivity contribution in [3.05, 3.63) is 65.7 Å². The minimum atomic E-state index is -4.39. The van der Waals surface area contributed by atoms with Gasteiger partial charge in [-0.3, -0.25) is 9.59 Å². The number of benzene rings is 2. The van der Waals surface area contributed by atoms with Gasteiger partial charge >= 0.3 is 5.51 Å². The molecule has 0 heterocycles. The number of amides is 2. The molecule has 0 fully saturated rings. The van der Waals surface area contributed by atoms with Crippen LogP contribution in [0.15, 0.2) is 59.5 Å². The van der Waals surface area contributed by atoms with E-state index < -0.39 is 23.4 Å². The Balaban J connectivity index is 2.12. The maximum absolute atomic E-state index is 12.3. The molecule has 0 aliphatic carbocycles. The van der Waals surface area contributed by atoms with Gasteiger partial charge in [-0.05, 0) is 41.6 Å². The van der Waals surface area contributed by atoms with E-state index >= 15 is 0 Å². The van der Waals surface area contributed by atoms with E-state index in [1.807, 2.05) is 0 Å². The molecule has 0 spiro atoms. The summed E-state index contributed by atoms with van der Waals surface area (Å²) in [5.74, 6) is -1.34. The number of hydrogen-bond donors (Lipinski definition) is 2. The third-order valence-electron chi connectivity index (χ3n) is 3.04. The maximum atomic E-state index is 12.3. The topological polar surface area (TPSA) is 72.2 Å². The third-order valence-corrected chi connectivity index (χ3v) is 3.78. The fraction of sp³-hybridized carbons (Fsp3) is 0.125. The van der Waals surface area contributed by atoms with Gasteiger partial charge in [0.05, 0.1) is 0 Å². The van der Waals surface area contributed by atoms with Crippen LogP contribution in [0.25, 0.3) is 0 Å². The van der Waals surface area contributed by atoms with Crippen molar-refractivity contribution in [1.82, 2.24) is 5.32 Å². The fourth-order valence-electron chi connectivity index (χ4n) is 1.99. The zero-order valence-electron chi connectivity index (χ0n) is 12.2. The third kappa shape index (κ3) is 5.02. The molecule has 3 N–H and O–H groups in total. The fourth-order valence-corrected chi connectivity index (χ4v) is 2.53. The maximum Gasteiger partial charge on any atom is 0.446 e. The Hall–Kier alpha value is -2.48. The second-order valence-corrected chi connectivity index (χ2v) is 5.93. The van der Waals surface area contributed by atoms with E-state index in [-0.39, 0.29) is 22.2 Å². The summed E-state index contributed by atoms with van der Waals surface area (Å²) in [5, 5.41) is 2.47. The standard InChI is InChI=1S/C16H13F3N2O2S/c17-16(18,19)24-12-8-6-11(7-9-12)15(23)21-13(14(20)22)10-4-2-1-3-5-10/h1-9,13H,(H2,20,22)(H,21,23)/t13-/m1/s1. The van der Waals surface area contributed by atoms with Crippen LogP contribution in [0.1, 0.15) is 22.0 Å². The summed E-state index contributed by atoms with van der Waals surface area (Å²) >= 11 is -0.269. The van der Waals surface area contributed by atoms with Crippen LogP contribution in [-0.2, 0) is 4.79 Å². The highest BCUT2D eigenvalue weighted by Gasteiger charge is 2.29. The first-order valence-electron chi connectivity index (χ1n) is 6.77. The summed E-state index contributed by atoms with van der Waals surface area (Å²) in [6.07, 6.45) is 0. The van der Waals surface area contributed by atoms with Gasteiger partial charge in [-0.2, -0.15) is 13.2 Å². The summed E-state index contributed by atoms with van der Waals surface area (Å²) in [4.78, 5) is 23.7. The van der Waals surface area contributed by atoms with Crippen molar-refractivity contribution in [1.29, 1.82) is 0 Å². The number of primary amides is 1. The SMILES string of the molecule is NC(=O)[C@H](NC(=O)c1ccc(SC(F)(F)F)cc1)c1ccccc1. The lowest BCUT2D eigenvalue weighted by Crippen LogP contribution is -2.37. The second-order valence-electron chi connectivity index (χ2n) is 4.79. The van der Waals surface area contributed by atoms with Crippen LogP contribution in [0.2, 0.25) is 0 Å². The van der Waals surface area contributed by atoms with Gasteiger partial charge in [-0.15, -0.1) is 0 Å². The quantitative estimate of drug-likeness (QED) is 0.810. The highest BCUT2D eigenvalue weighted by molar-refractivity contribution is 8.00. The average Bonchev–Trinajstić information content (AvgIpc) is 2.52. The normalized spacial score (nSPS) is 12.5. The number of nitrogens with one attached hydrogen (secondary N) is 1. The lowest BCUT2D eigenvalue weighted by molar-refractivity contribution is -0.120. The molecule has 0 aromatic heterocycles. The van der Waals surface area contributed by atoms with E-state index in [0.29, 0.717) is 5.56 Å². The van der Waals surface area contributed by atoms with Gasteiger partial charge in [-0.1, -0.05) is 30.3 Å². The number of carbonyl (C=O) groups excluding carboxylic acids is 2. The van der Waals surface area contributed by atoms with E-state index in [1.165, 1.54) is 24.3 Å². The molecule has 0 radical (unpaired) electrons. The molecular formula is C16H13F3N2O2S. The van der Waals surface area contributed by atoms with Gasteiger partial charge in [0.1, 0.15) is 6.04 Å².